The minimum atomic E-state index is -0.0765. The van der Waals surface area contributed by atoms with E-state index in [9.17, 15) is 4.79 Å². The molecule has 1 atom stereocenters. The normalized spacial score (nSPS) is 16.0. The highest BCUT2D eigenvalue weighted by atomic mass is 32.1. The van der Waals surface area contributed by atoms with Gasteiger partial charge in [0.1, 0.15) is 0 Å². The molecule has 2 heterocycles. The molecule has 2 aromatic carbocycles. The lowest BCUT2D eigenvalue weighted by atomic mass is 10.0. The molecule has 2 N–H and O–H groups in total. The van der Waals surface area contributed by atoms with Crippen LogP contribution in [0.5, 0.6) is 0 Å². The summed E-state index contributed by atoms with van der Waals surface area (Å²) in [6, 6.07) is 16.0. The second-order valence-electron chi connectivity index (χ2n) is 7.98. The number of thiocarbonyl (C=S) groups is 1. The van der Waals surface area contributed by atoms with Crippen LogP contribution in [0.3, 0.4) is 0 Å². The van der Waals surface area contributed by atoms with Gasteiger partial charge < -0.3 is 19.9 Å². The zero-order valence-electron chi connectivity index (χ0n) is 17.4. The van der Waals surface area contributed by atoms with E-state index in [1.165, 1.54) is 0 Å². The van der Waals surface area contributed by atoms with E-state index in [0.29, 0.717) is 23.8 Å². The molecular weight excluding hydrogens is 394 g/mol. The number of para-hydroxylation sites is 1. The molecule has 30 heavy (non-hydrogen) atoms. The highest BCUT2D eigenvalue weighted by molar-refractivity contribution is 7.80. The van der Waals surface area contributed by atoms with Crippen LogP contribution < -0.4 is 10.9 Å². The van der Waals surface area contributed by atoms with E-state index < -0.39 is 0 Å². The van der Waals surface area contributed by atoms with Gasteiger partial charge in [-0.2, -0.15) is 0 Å². The minimum Gasteiger partial charge on any atom is -0.376 e. The molecule has 1 aliphatic rings. The summed E-state index contributed by atoms with van der Waals surface area (Å²) in [5.41, 5.74) is 4.71. The summed E-state index contributed by atoms with van der Waals surface area (Å²) in [7, 11) is 0. The van der Waals surface area contributed by atoms with E-state index in [-0.39, 0.29) is 11.7 Å². The maximum atomic E-state index is 12.8. The smallest absolute Gasteiger partial charge is 0.253 e. The maximum absolute atomic E-state index is 12.8. The number of hydrogen-bond acceptors (Lipinski definition) is 3. The largest absolute Gasteiger partial charge is 0.376 e. The Bertz CT molecular complexity index is 1100. The fraction of sp³-hybridized carbons (Fsp3) is 0.333. The standard InChI is InChI=1S/C24H27N3O2S/c1-16-11-17(2)21-13-18(23(28)26-22(21)12-16)14-27(15-20-9-6-10-29-20)24(30)25-19-7-4-3-5-8-19/h3-5,7-8,11-13,20H,6,9-10,14-15H2,1-2H3,(H,25,30)(H,26,28)/t20-/m1/s1. The van der Waals surface area contributed by atoms with Crippen molar-refractivity contribution in [2.24, 2.45) is 0 Å². The van der Waals surface area contributed by atoms with E-state index >= 15 is 0 Å². The molecule has 1 saturated heterocycles. The molecule has 4 rings (SSSR count). The highest BCUT2D eigenvalue weighted by Crippen LogP contribution is 2.20. The second-order valence-corrected chi connectivity index (χ2v) is 8.37. The molecule has 0 bridgehead atoms. The monoisotopic (exact) mass is 421 g/mol. The summed E-state index contributed by atoms with van der Waals surface area (Å²) >= 11 is 5.72. The lowest BCUT2D eigenvalue weighted by molar-refractivity contribution is 0.0904. The van der Waals surface area contributed by atoms with Crippen molar-refractivity contribution in [3.63, 3.8) is 0 Å². The Morgan fingerprint density at radius 3 is 2.77 bits per heavy atom. The number of aromatic amines is 1. The molecule has 0 amide bonds. The molecule has 3 aromatic rings. The number of nitrogens with zero attached hydrogens (tertiary/aromatic N) is 1. The molecule has 1 aliphatic heterocycles. The Balaban J connectivity index is 1.62. The number of aryl methyl sites for hydroxylation is 2. The summed E-state index contributed by atoms with van der Waals surface area (Å²) in [6.07, 6.45) is 2.20. The summed E-state index contributed by atoms with van der Waals surface area (Å²) in [4.78, 5) is 17.9. The molecule has 0 radical (unpaired) electrons. The lowest BCUT2D eigenvalue weighted by Gasteiger charge is -2.28. The fourth-order valence-corrected chi connectivity index (χ4v) is 4.27. The van der Waals surface area contributed by atoms with Gasteiger partial charge >= 0.3 is 0 Å². The van der Waals surface area contributed by atoms with Crippen molar-refractivity contribution in [1.29, 1.82) is 0 Å². The van der Waals surface area contributed by atoms with Gasteiger partial charge in [0.25, 0.3) is 5.56 Å². The lowest BCUT2D eigenvalue weighted by Crippen LogP contribution is -2.40. The maximum Gasteiger partial charge on any atom is 0.253 e. The predicted octanol–water partition coefficient (Wildman–Crippen LogP) is 4.52. The van der Waals surface area contributed by atoms with Gasteiger partial charge in [-0.15, -0.1) is 0 Å². The zero-order chi connectivity index (χ0) is 21.1. The van der Waals surface area contributed by atoms with Crippen molar-refractivity contribution in [1.82, 2.24) is 9.88 Å². The first-order valence-electron chi connectivity index (χ1n) is 10.4. The topological polar surface area (TPSA) is 57.4 Å². The van der Waals surface area contributed by atoms with Gasteiger partial charge in [-0.1, -0.05) is 24.3 Å². The molecule has 1 aromatic heterocycles. The first-order valence-corrected chi connectivity index (χ1v) is 10.8. The molecule has 5 nitrogen and oxygen atoms in total. The van der Waals surface area contributed by atoms with Gasteiger partial charge in [0.15, 0.2) is 5.11 Å². The number of rotatable bonds is 5. The summed E-state index contributed by atoms with van der Waals surface area (Å²) in [5, 5.41) is 4.96. The van der Waals surface area contributed by atoms with Crippen molar-refractivity contribution in [2.75, 3.05) is 18.5 Å². The van der Waals surface area contributed by atoms with E-state index in [4.69, 9.17) is 17.0 Å². The molecular formula is C24H27N3O2S. The van der Waals surface area contributed by atoms with Crippen LogP contribution in [0.25, 0.3) is 10.9 Å². The Morgan fingerprint density at radius 2 is 2.03 bits per heavy atom. The van der Waals surface area contributed by atoms with Gasteiger partial charge in [0, 0.05) is 35.3 Å². The molecule has 0 saturated carbocycles. The van der Waals surface area contributed by atoms with Gasteiger partial charge in [-0.3, -0.25) is 4.79 Å². The van der Waals surface area contributed by atoms with Crippen molar-refractivity contribution in [3.8, 4) is 0 Å². The first-order chi connectivity index (χ1) is 14.5. The predicted molar refractivity (Wildman–Crippen MR) is 126 cm³/mol. The number of pyridine rings is 1. The van der Waals surface area contributed by atoms with E-state index in [1.54, 1.807) is 0 Å². The Kier molecular flexibility index (Phi) is 6.16. The third-order valence-electron chi connectivity index (χ3n) is 5.51. The number of benzene rings is 2. The zero-order valence-corrected chi connectivity index (χ0v) is 18.2. The van der Waals surface area contributed by atoms with Crippen LogP contribution in [0.2, 0.25) is 0 Å². The second kappa shape index (κ2) is 8.98. The van der Waals surface area contributed by atoms with Crippen LogP contribution in [0.4, 0.5) is 5.69 Å². The minimum absolute atomic E-state index is 0.0765. The van der Waals surface area contributed by atoms with Gasteiger partial charge in [0.05, 0.1) is 12.6 Å². The Morgan fingerprint density at radius 1 is 1.23 bits per heavy atom. The quantitative estimate of drug-likeness (QED) is 0.593. The first kappa shape index (κ1) is 20.6. The highest BCUT2D eigenvalue weighted by Gasteiger charge is 2.22. The Hall–Kier alpha value is -2.70. The van der Waals surface area contributed by atoms with Crippen LogP contribution in [0.1, 0.15) is 29.5 Å². The average Bonchev–Trinajstić information content (AvgIpc) is 3.22. The van der Waals surface area contributed by atoms with Gasteiger partial charge in [-0.05, 0) is 74.3 Å². The number of anilines is 1. The number of H-pyrrole nitrogens is 1. The Labute approximate surface area is 182 Å². The fourth-order valence-electron chi connectivity index (χ4n) is 4.02. The van der Waals surface area contributed by atoms with E-state index in [2.05, 4.69) is 23.3 Å². The SMILES string of the molecule is Cc1cc(C)c2cc(CN(C[C@H]3CCCO3)C(=S)Nc3ccccc3)c(=O)[nH]c2c1. The molecule has 0 unspecified atom stereocenters. The number of nitrogens with one attached hydrogen (secondary N) is 2. The van der Waals surface area contributed by atoms with Crippen molar-refractivity contribution < 1.29 is 4.74 Å². The van der Waals surface area contributed by atoms with Gasteiger partial charge in [0.2, 0.25) is 0 Å². The molecule has 156 valence electrons. The van der Waals surface area contributed by atoms with Crippen molar-refractivity contribution >= 4 is 33.9 Å². The van der Waals surface area contributed by atoms with Gasteiger partial charge in [-0.25, -0.2) is 0 Å². The van der Waals surface area contributed by atoms with Crippen LogP contribution in [-0.2, 0) is 11.3 Å². The third kappa shape index (κ3) is 4.71. The van der Waals surface area contributed by atoms with Crippen LogP contribution in [-0.4, -0.2) is 34.3 Å². The van der Waals surface area contributed by atoms with E-state index in [0.717, 1.165) is 47.2 Å². The van der Waals surface area contributed by atoms with Crippen LogP contribution >= 0.6 is 12.2 Å². The molecule has 6 heteroatoms. The number of ether oxygens (including phenoxy) is 1. The summed E-state index contributed by atoms with van der Waals surface area (Å²) in [5.74, 6) is 0. The molecule has 1 fully saturated rings. The van der Waals surface area contributed by atoms with Crippen LogP contribution in [0.15, 0.2) is 53.3 Å². The number of fused-ring (bicyclic) bond motifs is 1. The van der Waals surface area contributed by atoms with Crippen molar-refractivity contribution in [2.45, 2.75) is 39.3 Å². The summed E-state index contributed by atoms with van der Waals surface area (Å²) in [6.45, 7) is 5.98. The van der Waals surface area contributed by atoms with E-state index in [1.807, 2.05) is 54.3 Å². The average molecular weight is 422 g/mol. The number of aromatic nitrogens is 1. The summed E-state index contributed by atoms with van der Waals surface area (Å²) < 4.78 is 5.84. The molecule has 0 aliphatic carbocycles. The third-order valence-corrected chi connectivity index (χ3v) is 5.87. The van der Waals surface area contributed by atoms with Crippen molar-refractivity contribution in [3.05, 3.63) is 75.6 Å². The number of hydrogen-bond donors (Lipinski definition) is 2. The van der Waals surface area contributed by atoms with Crippen LogP contribution in [0, 0.1) is 13.8 Å². The molecule has 0 spiro atoms.